The van der Waals surface area contributed by atoms with Crippen LogP contribution >= 0.6 is 0 Å². The highest BCUT2D eigenvalue weighted by molar-refractivity contribution is 6.05. The molecular weight excluding hydrogens is 440 g/mol. The average molecular weight is 456 g/mol. The fourth-order valence-corrected chi connectivity index (χ4v) is 3.03. The van der Waals surface area contributed by atoms with Crippen LogP contribution in [0.5, 0.6) is 11.6 Å². The van der Waals surface area contributed by atoms with E-state index in [2.05, 4.69) is 15.4 Å². The lowest BCUT2D eigenvalue weighted by Crippen LogP contribution is -2.21. The van der Waals surface area contributed by atoms with Crippen LogP contribution in [0.25, 0.3) is 5.69 Å². The van der Waals surface area contributed by atoms with Gasteiger partial charge in [0.1, 0.15) is 17.3 Å². The fraction of sp³-hybridized carbons (Fsp3) is 0.0870. The number of benzene rings is 2. The van der Waals surface area contributed by atoms with Gasteiger partial charge in [-0.15, -0.1) is 0 Å². The number of nitrogens with one attached hydrogen (secondary N) is 1. The Labute approximate surface area is 185 Å². The first-order valence-corrected chi connectivity index (χ1v) is 9.64. The molecule has 0 aliphatic rings. The molecule has 0 aliphatic heterocycles. The number of nitrogens with zero attached hydrogens (tertiary/aromatic N) is 3. The summed E-state index contributed by atoms with van der Waals surface area (Å²) < 4.78 is 61.3. The molecule has 0 fully saturated rings. The Morgan fingerprint density at radius 2 is 1.73 bits per heavy atom. The van der Waals surface area contributed by atoms with Gasteiger partial charge < -0.3 is 10.1 Å². The molecule has 4 rings (SSSR count). The van der Waals surface area contributed by atoms with Gasteiger partial charge in [-0.3, -0.25) is 4.79 Å². The molecule has 33 heavy (non-hydrogen) atoms. The molecule has 10 heteroatoms. The molecule has 2 heterocycles. The third kappa shape index (κ3) is 4.84. The number of carbonyl (C=O) groups is 1. The maximum Gasteiger partial charge on any atom is 0.434 e. The number of rotatable bonds is 5. The van der Waals surface area contributed by atoms with Crippen molar-refractivity contribution >= 4 is 11.6 Å². The van der Waals surface area contributed by atoms with Crippen molar-refractivity contribution in [3.8, 4) is 17.3 Å². The molecule has 2 aromatic carbocycles. The third-order valence-electron chi connectivity index (χ3n) is 4.60. The maximum absolute atomic E-state index is 14.1. The molecule has 1 amide bonds. The summed E-state index contributed by atoms with van der Waals surface area (Å²) in [5, 5.41) is 5.95. The smallest absolute Gasteiger partial charge is 0.434 e. The molecular formula is C23H16F4N4O2. The molecule has 0 radical (unpaired) electrons. The lowest BCUT2D eigenvalue weighted by Gasteiger charge is -2.13. The van der Waals surface area contributed by atoms with E-state index in [0.29, 0.717) is 10.4 Å². The second-order valence-corrected chi connectivity index (χ2v) is 7.02. The van der Waals surface area contributed by atoms with Crippen LogP contribution in [0, 0.1) is 12.7 Å². The molecule has 4 aromatic rings. The SMILES string of the molecule is Cc1ccc(Oc2ccc(NC(=O)c3cnn(-c4ccccc4F)c3C(F)(F)F)cn2)cc1. The number of hydrogen-bond acceptors (Lipinski definition) is 4. The largest absolute Gasteiger partial charge is 0.439 e. The molecule has 0 aliphatic carbocycles. The van der Waals surface area contributed by atoms with Crippen LogP contribution in [0.3, 0.4) is 0 Å². The highest BCUT2D eigenvalue weighted by Gasteiger charge is 2.41. The van der Waals surface area contributed by atoms with Crippen molar-refractivity contribution < 1.29 is 27.1 Å². The minimum absolute atomic E-state index is 0.142. The third-order valence-corrected chi connectivity index (χ3v) is 4.60. The van der Waals surface area contributed by atoms with Gasteiger partial charge in [-0.05, 0) is 37.3 Å². The van der Waals surface area contributed by atoms with E-state index >= 15 is 0 Å². The summed E-state index contributed by atoms with van der Waals surface area (Å²) in [6.07, 6.45) is -2.97. The lowest BCUT2D eigenvalue weighted by molar-refractivity contribution is -0.143. The van der Waals surface area contributed by atoms with Gasteiger partial charge in [-0.2, -0.15) is 18.3 Å². The summed E-state index contributed by atoms with van der Waals surface area (Å²) in [4.78, 5) is 16.7. The van der Waals surface area contributed by atoms with Crippen LogP contribution in [-0.2, 0) is 6.18 Å². The molecule has 168 valence electrons. The first-order chi connectivity index (χ1) is 15.7. The molecule has 0 unspecified atom stereocenters. The predicted molar refractivity (Wildman–Crippen MR) is 112 cm³/mol. The van der Waals surface area contributed by atoms with Gasteiger partial charge in [-0.25, -0.2) is 14.1 Å². The lowest BCUT2D eigenvalue weighted by atomic mass is 10.2. The standard InChI is InChI=1S/C23H16F4N4O2/c1-14-6-9-16(10-7-14)33-20-11-8-15(12-28-20)30-22(32)17-13-29-31(21(17)23(25,26)27)19-5-3-2-4-18(19)24/h2-13H,1H3,(H,30,32). The minimum Gasteiger partial charge on any atom is -0.439 e. The Kier molecular flexibility index (Phi) is 5.82. The fourth-order valence-electron chi connectivity index (χ4n) is 3.03. The number of aryl methyl sites for hydroxylation is 1. The van der Waals surface area contributed by atoms with Crippen LogP contribution in [0.4, 0.5) is 23.2 Å². The Hall–Kier alpha value is -4.21. The highest BCUT2D eigenvalue weighted by Crippen LogP contribution is 2.34. The van der Waals surface area contributed by atoms with Crippen molar-refractivity contribution in [2.75, 3.05) is 5.32 Å². The molecule has 0 atom stereocenters. The Bertz CT molecular complexity index is 1280. The van der Waals surface area contributed by atoms with E-state index in [4.69, 9.17) is 4.74 Å². The molecule has 0 spiro atoms. The normalized spacial score (nSPS) is 11.3. The van der Waals surface area contributed by atoms with Crippen molar-refractivity contribution in [1.29, 1.82) is 0 Å². The number of carbonyl (C=O) groups excluding carboxylic acids is 1. The van der Waals surface area contributed by atoms with Crippen molar-refractivity contribution in [2.24, 2.45) is 0 Å². The van der Waals surface area contributed by atoms with E-state index in [1.54, 1.807) is 12.1 Å². The van der Waals surface area contributed by atoms with Gasteiger partial charge in [0.2, 0.25) is 5.88 Å². The highest BCUT2D eigenvalue weighted by atomic mass is 19.4. The summed E-state index contributed by atoms with van der Waals surface area (Å²) >= 11 is 0. The number of amides is 1. The number of hydrogen-bond donors (Lipinski definition) is 1. The van der Waals surface area contributed by atoms with Gasteiger partial charge >= 0.3 is 6.18 Å². The van der Waals surface area contributed by atoms with Gasteiger partial charge in [-0.1, -0.05) is 29.8 Å². The zero-order chi connectivity index (χ0) is 23.6. The van der Waals surface area contributed by atoms with E-state index < -0.39 is 34.8 Å². The van der Waals surface area contributed by atoms with Gasteiger partial charge in [0.15, 0.2) is 5.69 Å². The van der Waals surface area contributed by atoms with E-state index in [-0.39, 0.29) is 11.6 Å². The summed E-state index contributed by atoms with van der Waals surface area (Å²) in [5.41, 5.74) is -1.38. The van der Waals surface area contributed by atoms with Crippen LogP contribution in [0.2, 0.25) is 0 Å². The van der Waals surface area contributed by atoms with Crippen molar-refractivity contribution in [2.45, 2.75) is 13.1 Å². The first kappa shape index (κ1) is 22.0. The van der Waals surface area contributed by atoms with Gasteiger partial charge in [0, 0.05) is 6.07 Å². The second kappa shape index (κ2) is 8.73. The van der Waals surface area contributed by atoms with E-state index in [9.17, 15) is 22.4 Å². The van der Waals surface area contributed by atoms with Crippen LogP contribution in [-0.4, -0.2) is 20.7 Å². The first-order valence-electron chi connectivity index (χ1n) is 9.64. The quantitative estimate of drug-likeness (QED) is 0.387. The number of aromatic nitrogens is 3. The number of anilines is 1. The maximum atomic E-state index is 14.1. The Balaban J connectivity index is 1.56. The molecule has 6 nitrogen and oxygen atoms in total. The summed E-state index contributed by atoms with van der Waals surface area (Å²) in [7, 11) is 0. The number of ether oxygens (including phenoxy) is 1. The van der Waals surface area contributed by atoms with Gasteiger partial charge in [0.25, 0.3) is 5.91 Å². The molecule has 0 saturated heterocycles. The average Bonchev–Trinajstić information content (AvgIpc) is 3.23. The monoisotopic (exact) mass is 456 g/mol. The number of halogens is 4. The van der Waals surface area contributed by atoms with Crippen LogP contribution < -0.4 is 10.1 Å². The van der Waals surface area contributed by atoms with E-state index in [1.807, 2.05) is 19.1 Å². The minimum atomic E-state index is -4.96. The van der Waals surface area contributed by atoms with Crippen LogP contribution in [0.15, 0.2) is 73.1 Å². The number of alkyl halides is 3. The number of para-hydroxylation sites is 1. The van der Waals surface area contributed by atoms with E-state index in [1.165, 1.54) is 30.5 Å². The summed E-state index contributed by atoms with van der Waals surface area (Å²) in [6, 6.07) is 15.0. The molecule has 0 saturated carbocycles. The topological polar surface area (TPSA) is 69.0 Å². The van der Waals surface area contributed by atoms with Crippen molar-refractivity contribution in [1.82, 2.24) is 14.8 Å². The Morgan fingerprint density at radius 1 is 1.00 bits per heavy atom. The van der Waals surface area contributed by atoms with Crippen molar-refractivity contribution in [3.05, 3.63) is 95.7 Å². The zero-order valence-electron chi connectivity index (χ0n) is 17.1. The molecule has 0 bridgehead atoms. The predicted octanol–water partition coefficient (Wildman–Crippen LogP) is 5.78. The van der Waals surface area contributed by atoms with Gasteiger partial charge in [0.05, 0.1) is 23.6 Å². The Morgan fingerprint density at radius 3 is 2.36 bits per heavy atom. The van der Waals surface area contributed by atoms with E-state index in [0.717, 1.165) is 23.9 Å². The zero-order valence-corrected chi connectivity index (χ0v) is 17.1. The number of pyridine rings is 1. The summed E-state index contributed by atoms with van der Waals surface area (Å²) in [5.74, 6) is -1.19. The van der Waals surface area contributed by atoms with Crippen molar-refractivity contribution in [3.63, 3.8) is 0 Å². The molecule has 1 N–H and O–H groups in total. The molecule has 2 aromatic heterocycles. The van der Waals surface area contributed by atoms with Crippen LogP contribution in [0.1, 0.15) is 21.6 Å². The second-order valence-electron chi connectivity index (χ2n) is 7.02. The summed E-state index contributed by atoms with van der Waals surface area (Å²) in [6.45, 7) is 1.93.